The Morgan fingerprint density at radius 2 is 1.62 bits per heavy atom. The van der Waals surface area contributed by atoms with E-state index in [0.717, 1.165) is 11.1 Å². The van der Waals surface area contributed by atoms with Crippen LogP contribution in [0.5, 0.6) is 0 Å². The molecule has 0 bridgehead atoms. The molecule has 3 aromatic rings. The van der Waals surface area contributed by atoms with Gasteiger partial charge in [-0.2, -0.15) is 0 Å². The zero-order chi connectivity index (χ0) is 14.7. The van der Waals surface area contributed by atoms with E-state index in [4.69, 9.17) is 16.0 Å². The van der Waals surface area contributed by atoms with Gasteiger partial charge in [-0.25, -0.2) is 0 Å². The van der Waals surface area contributed by atoms with Crippen molar-refractivity contribution in [3.63, 3.8) is 0 Å². The third-order valence-electron chi connectivity index (χ3n) is 3.03. The lowest BCUT2D eigenvalue weighted by molar-refractivity contribution is 0.558. The van der Waals surface area contributed by atoms with Crippen LogP contribution in [-0.4, -0.2) is 10.2 Å². The molecule has 104 valence electrons. The molecule has 0 aliphatic rings. The first-order valence-electron chi connectivity index (χ1n) is 6.55. The fourth-order valence-electron chi connectivity index (χ4n) is 1.86. The minimum absolute atomic E-state index is 0.473. The van der Waals surface area contributed by atoms with Crippen LogP contribution in [0.2, 0.25) is 5.02 Å². The number of hydrogen-bond donors (Lipinski definition) is 0. The normalized spacial score (nSPS) is 11.1. The van der Waals surface area contributed by atoms with Crippen molar-refractivity contribution in [3.8, 4) is 11.5 Å². The predicted molar refractivity (Wildman–Crippen MR) is 84.9 cm³/mol. The highest BCUT2D eigenvalue weighted by Crippen LogP contribution is 2.19. The van der Waals surface area contributed by atoms with Gasteiger partial charge < -0.3 is 4.42 Å². The third-order valence-corrected chi connectivity index (χ3v) is 3.28. The highest BCUT2D eigenvalue weighted by Gasteiger charge is 2.05. The van der Waals surface area contributed by atoms with Crippen molar-refractivity contribution in [2.75, 3.05) is 0 Å². The van der Waals surface area contributed by atoms with Crippen molar-refractivity contribution in [2.24, 2.45) is 0 Å². The van der Waals surface area contributed by atoms with Gasteiger partial charge in [0.2, 0.25) is 11.8 Å². The van der Waals surface area contributed by atoms with Crippen LogP contribution in [0, 0.1) is 6.92 Å². The third kappa shape index (κ3) is 3.38. The number of aryl methyl sites for hydroxylation is 1. The molecule has 0 aliphatic carbocycles. The summed E-state index contributed by atoms with van der Waals surface area (Å²) in [7, 11) is 0. The number of aromatic nitrogens is 2. The van der Waals surface area contributed by atoms with Gasteiger partial charge >= 0.3 is 0 Å². The Morgan fingerprint density at radius 1 is 0.905 bits per heavy atom. The quantitative estimate of drug-likeness (QED) is 0.692. The minimum Gasteiger partial charge on any atom is -0.417 e. The van der Waals surface area contributed by atoms with Gasteiger partial charge in [0.05, 0.1) is 0 Å². The second-order valence-electron chi connectivity index (χ2n) is 4.70. The van der Waals surface area contributed by atoms with Crippen LogP contribution in [0.15, 0.2) is 52.9 Å². The molecule has 3 nitrogen and oxygen atoms in total. The average Bonchev–Trinajstić information content (AvgIpc) is 2.96. The molecule has 0 radical (unpaired) electrons. The molecule has 3 rings (SSSR count). The standard InChI is InChI=1S/C17H13ClN2O/c1-12-2-7-14(8-3-12)17-20-19-16(21-17)11-6-13-4-9-15(18)10-5-13/h2-11H,1H3/b11-6+. The fraction of sp³-hybridized carbons (Fsp3) is 0.0588. The molecule has 0 spiro atoms. The summed E-state index contributed by atoms with van der Waals surface area (Å²) >= 11 is 5.85. The van der Waals surface area contributed by atoms with Crippen LogP contribution in [0.25, 0.3) is 23.6 Å². The number of nitrogens with zero attached hydrogens (tertiary/aromatic N) is 2. The number of benzene rings is 2. The van der Waals surface area contributed by atoms with E-state index in [2.05, 4.69) is 10.2 Å². The van der Waals surface area contributed by atoms with Crippen molar-refractivity contribution in [2.45, 2.75) is 6.92 Å². The van der Waals surface area contributed by atoms with Crippen molar-refractivity contribution >= 4 is 23.8 Å². The second-order valence-corrected chi connectivity index (χ2v) is 5.13. The maximum absolute atomic E-state index is 5.85. The van der Waals surface area contributed by atoms with Gasteiger partial charge in [-0.15, -0.1) is 10.2 Å². The van der Waals surface area contributed by atoms with Gasteiger partial charge in [0.25, 0.3) is 0 Å². The smallest absolute Gasteiger partial charge is 0.248 e. The largest absolute Gasteiger partial charge is 0.417 e. The lowest BCUT2D eigenvalue weighted by atomic mass is 10.1. The van der Waals surface area contributed by atoms with E-state index < -0.39 is 0 Å². The van der Waals surface area contributed by atoms with Gasteiger partial charge in [-0.05, 0) is 42.8 Å². The van der Waals surface area contributed by atoms with Crippen molar-refractivity contribution < 1.29 is 4.42 Å². The molecule has 4 heteroatoms. The monoisotopic (exact) mass is 296 g/mol. The van der Waals surface area contributed by atoms with Crippen molar-refractivity contribution in [1.82, 2.24) is 10.2 Å². The topological polar surface area (TPSA) is 38.9 Å². The van der Waals surface area contributed by atoms with Gasteiger partial charge in [0.1, 0.15) is 0 Å². The molecule has 1 aromatic heterocycles. The molecule has 0 N–H and O–H groups in total. The fourth-order valence-corrected chi connectivity index (χ4v) is 1.98. The predicted octanol–water partition coefficient (Wildman–Crippen LogP) is 4.87. The van der Waals surface area contributed by atoms with E-state index in [1.54, 1.807) is 6.08 Å². The molecule has 0 unspecified atom stereocenters. The summed E-state index contributed by atoms with van der Waals surface area (Å²) in [6.45, 7) is 2.04. The zero-order valence-corrected chi connectivity index (χ0v) is 12.2. The molecule has 0 amide bonds. The van der Waals surface area contributed by atoms with Crippen LogP contribution in [0.3, 0.4) is 0 Å². The Labute approximate surface area is 127 Å². The second kappa shape index (κ2) is 5.94. The summed E-state index contributed by atoms with van der Waals surface area (Å²) in [5.74, 6) is 0.992. The van der Waals surface area contributed by atoms with Crippen LogP contribution in [-0.2, 0) is 0 Å². The van der Waals surface area contributed by atoms with E-state index >= 15 is 0 Å². The van der Waals surface area contributed by atoms with Crippen molar-refractivity contribution in [3.05, 3.63) is 70.6 Å². The van der Waals surface area contributed by atoms with E-state index in [0.29, 0.717) is 16.8 Å². The Kier molecular flexibility index (Phi) is 3.84. The molecule has 0 saturated carbocycles. The zero-order valence-electron chi connectivity index (χ0n) is 11.5. The Balaban J connectivity index is 1.78. The highest BCUT2D eigenvalue weighted by atomic mass is 35.5. The molecule has 21 heavy (non-hydrogen) atoms. The molecule has 2 aromatic carbocycles. The summed E-state index contributed by atoms with van der Waals surface area (Å²) in [5.41, 5.74) is 3.13. The molecular formula is C17H13ClN2O. The lowest BCUT2D eigenvalue weighted by Gasteiger charge is -1.94. The summed E-state index contributed by atoms with van der Waals surface area (Å²) in [4.78, 5) is 0. The summed E-state index contributed by atoms with van der Waals surface area (Å²) in [6, 6.07) is 15.5. The van der Waals surface area contributed by atoms with Gasteiger partial charge in [-0.3, -0.25) is 0 Å². The number of rotatable bonds is 3. The van der Waals surface area contributed by atoms with Gasteiger partial charge in [-0.1, -0.05) is 41.4 Å². The first kappa shape index (κ1) is 13.6. The summed E-state index contributed by atoms with van der Waals surface area (Å²) in [6.07, 6.45) is 3.69. The number of halogens is 1. The van der Waals surface area contributed by atoms with E-state index in [9.17, 15) is 0 Å². The SMILES string of the molecule is Cc1ccc(-c2nnc(/C=C/c3ccc(Cl)cc3)o2)cc1. The highest BCUT2D eigenvalue weighted by molar-refractivity contribution is 6.30. The summed E-state index contributed by atoms with van der Waals surface area (Å²) in [5, 5.41) is 8.79. The Hall–Kier alpha value is -2.39. The molecule has 1 heterocycles. The Bertz CT molecular complexity index is 758. The molecule has 0 atom stereocenters. The maximum atomic E-state index is 5.85. The molecule has 0 fully saturated rings. The van der Waals surface area contributed by atoms with Gasteiger partial charge in [0, 0.05) is 16.7 Å². The molecule has 0 aliphatic heterocycles. The van der Waals surface area contributed by atoms with Crippen LogP contribution in [0.4, 0.5) is 0 Å². The van der Waals surface area contributed by atoms with E-state index in [1.165, 1.54) is 5.56 Å². The van der Waals surface area contributed by atoms with E-state index in [1.807, 2.05) is 61.5 Å². The van der Waals surface area contributed by atoms with Crippen LogP contribution >= 0.6 is 11.6 Å². The van der Waals surface area contributed by atoms with Crippen molar-refractivity contribution in [1.29, 1.82) is 0 Å². The first-order valence-corrected chi connectivity index (χ1v) is 6.93. The lowest BCUT2D eigenvalue weighted by Crippen LogP contribution is -1.77. The minimum atomic E-state index is 0.473. The van der Waals surface area contributed by atoms with Gasteiger partial charge in [0.15, 0.2) is 0 Å². The number of hydrogen-bond acceptors (Lipinski definition) is 3. The molecular weight excluding hydrogens is 284 g/mol. The van der Waals surface area contributed by atoms with Crippen LogP contribution in [0.1, 0.15) is 17.0 Å². The summed E-state index contributed by atoms with van der Waals surface area (Å²) < 4.78 is 5.62. The Morgan fingerprint density at radius 3 is 2.33 bits per heavy atom. The first-order chi connectivity index (χ1) is 10.2. The molecule has 0 saturated heterocycles. The van der Waals surface area contributed by atoms with E-state index in [-0.39, 0.29) is 0 Å². The maximum Gasteiger partial charge on any atom is 0.248 e. The average molecular weight is 297 g/mol. The van der Waals surface area contributed by atoms with Crippen LogP contribution < -0.4 is 0 Å².